The van der Waals surface area contributed by atoms with Crippen LogP contribution in [0.1, 0.15) is 21.6 Å². The number of anilines is 1. The highest BCUT2D eigenvalue weighted by Crippen LogP contribution is 2.29. The number of benzene rings is 1. The van der Waals surface area contributed by atoms with Gasteiger partial charge < -0.3 is 5.32 Å². The van der Waals surface area contributed by atoms with Crippen molar-refractivity contribution in [2.24, 2.45) is 0 Å². The molecule has 0 unspecified atom stereocenters. The predicted molar refractivity (Wildman–Crippen MR) is 71.9 cm³/mol. The number of allylic oxidation sites excluding steroid dienone is 1. The first-order valence-electron chi connectivity index (χ1n) is 6.04. The lowest BCUT2D eigenvalue weighted by atomic mass is 10.1. The molecular weight excluding hydrogens is 283 g/mol. The molecule has 2 rings (SSSR count). The Hall–Kier alpha value is -2.57. The van der Waals surface area contributed by atoms with E-state index in [1.165, 1.54) is 18.3 Å². The van der Waals surface area contributed by atoms with Crippen LogP contribution in [0, 0.1) is 0 Å². The van der Waals surface area contributed by atoms with Crippen LogP contribution in [0.5, 0.6) is 0 Å². The second-order valence-corrected chi connectivity index (χ2v) is 4.27. The summed E-state index contributed by atoms with van der Waals surface area (Å²) in [6.07, 6.45) is -0.952. The summed E-state index contributed by atoms with van der Waals surface area (Å²) in [7, 11) is 0. The van der Waals surface area contributed by atoms with Crippen LogP contribution in [0.15, 0.2) is 43.1 Å². The Labute approximate surface area is 118 Å². The van der Waals surface area contributed by atoms with Gasteiger partial charge in [-0.05, 0) is 24.3 Å². The molecule has 2 N–H and O–H groups in total. The molecule has 1 amide bonds. The fraction of sp³-hybridized carbons (Fsp3) is 0.143. The van der Waals surface area contributed by atoms with Crippen molar-refractivity contribution in [2.75, 3.05) is 5.32 Å². The van der Waals surface area contributed by atoms with Crippen LogP contribution < -0.4 is 5.32 Å². The van der Waals surface area contributed by atoms with Gasteiger partial charge in [0, 0.05) is 18.3 Å². The average Bonchev–Trinajstić information content (AvgIpc) is 2.87. The summed E-state index contributed by atoms with van der Waals surface area (Å²) in [5.74, 6) is -0.444. The molecule has 0 atom stereocenters. The topological polar surface area (TPSA) is 57.8 Å². The number of rotatable bonds is 4. The zero-order chi connectivity index (χ0) is 15.5. The molecule has 0 aliphatic rings. The lowest BCUT2D eigenvalue weighted by Crippen LogP contribution is -2.13. The van der Waals surface area contributed by atoms with E-state index in [1.807, 2.05) is 0 Å². The molecule has 0 spiro atoms. The Morgan fingerprint density at radius 2 is 2.00 bits per heavy atom. The molecule has 0 aliphatic carbocycles. The van der Waals surface area contributed by atoms with Gasteiger partial charge in [0.1, 0.15) is 0 Å². The van der Waals surface area contributed by atoms with E-state index in [2.05, 4.69) is 22.1 Å². The maximum absolute atomic E-state index is 12.4. The van der Waals surface area contributed by atoms with Gasteiger partial charge in [-0.2, -0.15) is 18.3 Å². The van der Waals surface area contributed by atoms with E-state index in [9.17, 15) is 18.0 Å². The molecule has 4 nitrogen and oxygen atoms in total. The van der Waals surface area contributed by atoms with E-state index in [4.69, 9.17) is 0 Å². The first kappa shape index (κ1) is 14.8. The molecule has 0 saturated heterocycles. The number of amides is 1. The minimum Gasteiger partial charge on any atom is -0.322 e. The van der Waals surface area contributed by atoms with Crippen molar-refractivity contribution in [3.63, 3.8) is 0 Å². The minimum absolute atomic E-state index is 0.277. The number of nitrogens with one attached hydrogen (secondary N) is 2. The molecule has 0 radical (unpaired) electrons. The third-order valence-corrected chi connectivity index (χ3v) is 2.77. The maximum Gasteiger partial charge on any atom is 0.416 e. The van der Waals surface area contributed by atoms with E-state index in [0.29, 0.717) is 17.7 Å². The Balaban J connectivity index is 2.12. The molecule has 0 bridgehead atoms. The summed E-state index contributed by atoms with van der Waals surface area (Å²) in [4.78, 5) is 12.0. The molecule has 7 heteroatoms. The van der Waals surface area contributed by atoms with E-state index in [1.54, 1.807) is 6.08 Å². The monoisotopic (exact) mass is 295 g/mol. The minimum atomic E-state index is -4.40. The number of alkyl halides is 3. The number of H-pyrrole nitrogens is 1. The molecule has 1 heterocycles. The number of aromatic amines is 1. The second kappa shape index (κ2) is 5.82. The fourth-order valence-corrected chi connectivity index (χ4v) is 1.75. The molecule has 21 heavy (non-hydrogen) atoms. The van der Waals surface area contributed by atoms with Gasteiger partial charge in [-0.3, -0.25) is 9.89 Å². The van der Waals surface area contributed by atoms with Crippen molar-refractivity contribution in [3.05, 3.63) is 59.9 Å². The van der Waals surface area contributed by atoms with Gasteiger partial charge in [0.2, 0.25) is 0 Å². The van der Waals surface area contributed by atoms with Crippen LogP contribution in [0.4, 0.5) is 18.9 Å². The van der Waals surface area contributed by atoms with E-state index < -0.39 is 17.6 Å². The normalized spacial score (nSPS) is 11.2. The molecule has 1 aromatic heterocycles. The second-order valence-electron chi connectivity index (χ2n) is 4.27. The maximum atomic E-state index is 12.4. The largest absolute Gasteiger partial charge is 0.416 e. The number of carbonyl (C=O) groups excluding carboxylic acids is 1. The van der Waals surface area contributed by atoms with Crippen molar-refractivity contribution in [2.45, 2.75) is 12.6 Å². The van der Waals surface area contributed by atoms with Gasteiger partial charge >= 0.3 is 6.18 Å². The van der Waals surface area contributed by atoms with Crippen molar-refractivity contribution >= 4 is 11.6 Å². The summed E-state index contributed by atoms with van der Waals surface area (Å²) in [6.45, 7) is 3.56. The van der Waals surface area contributed by atoms with E-state index in [0.717, 1.165) is 12.1 Å². The van der Waals surface area contributed by atoms with Crippen LogP contribution >= 0.6 is 0 Å². The molecule has 1 aromatic carbocycles. The van der Waals surface area contributed by atoms with Gasteiger partial charge in [0.25, 0.3) is 5.91 Å². The Morgan fingerprint density at radius 3 is 2.57 bits per heavy atom. The number of aromatic nitrogens is 2. The van der Waals surface area contributed by atoms with E-state index >= 15 is 0 Å². The van der Waals surface area contributed by atoms with Crippen molar-refractivity contribution in [1.82, 2.24) is 10.2 Å². The highest BCUT2D eigenvalue weighted by molar-refractivity contribution is 6.04. The Bertz CT molecular complexity index is 644. The van der Waals surface area contributed by atoms with Crippen LogP contribution in [-0.4, -0.2) is 16.1 Å². The standard InChI is InChI=1S/C14H12F3N3O/c1-2-3-12-11(8-18-20-12)13(21)19-10-6-4-9(5-7-10)14(15,16)17/h2,4-8H,1,3H2,(H,18,20)(H,19,21). The zero-order valence-electron chi connectivity index (χ0n) is 10.9. The first-order chi connectivity index (χ1) is 9.91. The fourth-order valence-electron chi connectivity index (χ4n) is 1.75. The number of halogens is 3. The molecule has 110 valence electrons. The highest BCUT2D eigenvalue weighted by atomic mass is 19.4. The third kappa shape index (κ3) is 3.50. The zero-order valence-corrected chi connectivity index (χ0v) is 10.9. The summed E-state index contributed by atoms with van der Waals surface area (Å²) >= 11 is 0. The summed E-state index contributed by atoms with van der Waals surface area (Å²) in [5, 5.41) is 9.00. The SMILES string of the molecule is C=CCc1n[nH]cc1C(=O)Nc1ccc(C(F)(F)F)cc1. The number of hydrogen-bond acceptors (Lipinski definition) is 2. The summed E-state index contributed by atoms with van der Waals surface area (Å²) in [5.41, 5.74) is 0.360. The van der Waals surface area contributed by atoms with Crippen molar-refractivity contribution in [3.8, 4) is 0 Å². The number of nitrogens with zero attached hydrogens (tertiary/aromatic N) is 1. The Morgan fingerprint density at radius 1 is 1.33 bits per heavy atom. The third-order valence-electron chi connectivity index (χ3n) is 2.77. The van der Waals surface area contributed by atoms with Crippen LogP contribution in [-0.2, 0) is 12.6 Å². The van der Waals surface area contributed by atoms with Gasteiger partial charge in [0.05, 0.1) is 16.8 Å². The summed E-state index contributed by atoms with van der Waals surface area (Å²) < 4.78 is 37.3. The molecule has 0 aliphatic heterocycles. The molecule has 2 aromatic rings. The van der Waals surface area contributed by atoms with E-state index in [-0.39, 0.29) is 5.69 Å². The van der Waals surface area contributed by atoms with Crippen molar-refractivity contribution < 1.29 is 18.0 Å². The average molecular weight is 295 g/mol. The Kier molecular flexibility index (Phi) is 4.11. The highest BCUT2D eigenvalue weighted by Gasteiger charge is 2.30. The quantitative estimate of drug-likeness (QED) is 0.849. The molecular formula is C14H12F3N3O. The van der Waals surface area contributed by atoms with Gasteiger partial charge in [-0.15, -0.1) is 6.58 Å². The van der Waals surface area contributed by atoms with Crippen molar-refractivity contribution in [1.29, 1.82) is 0 Å². The lowest BCUT2D eigenvalue weighted by Gasteiger charge is -2.08. The van der Waals surface area contributed by atoms with Crippen LogP contribution in [0.25, 0.3) is 0 Å². The number of hydrogen-bond donors (Lipinski definition) is 2. The smallest absolute Gasteiger partial charge is 0.322 e. The molecule has 0 fully saturated rings. The number of carbonyl (C=O) groups is 1. The summed E-state index contributed by atoms with van der Waals surface area (Å²) in [6, 6.07) is 4.23. The van der Waals surface area contributed by atoms with Gasteiger partial charge in [-0.25, -0.2) is 0 Å². The lowest BCUT2D eigenvalue weighted by molar-refractivity contribution is -0.137. The van der Waals surface area contributed by atoms with Crippen LogP contribution in [0.2, 0.25) is 0 Å². The van der Waals surface area contributed by atoms with Gasteiger partial charge in [0.15, 0.2) is 0 Å². The predicted octanol–water partition coefficient (Wildman–Crippen LogP) is 3.41. The van der Waals surface area contributed by atoms with Gasteiger partial charge in [-0.1, -0.05) is 6.08 Å². The molecule has 0 saturated carbocycles. The van der Waals surface area contributed by atoms with Crippen LogP contribution in [0.3, 0.4) is 0 Å². The first-order valence-corrected chi connectivity index (χ1v) is 6.04.